The van der Waals surface area contributed by atoms with E-state index in [-0.39, 0.29) is 0 Å². The van der Waals surface area contributed by atoms with Crippen molar-refractivity contribution in [3.63, 3.8) is 0 Å². The number of methoxy groups -OCH3 is 2. The molecule has 110 valence electrons. The smallest absolute Gasteiger partial charge is 0.161 e. The second-order valence-electron chi connectivity index (χ2n) is 4.72. The Bertz CT molecular complexity index is 773. The predicted molar refractivity (Wildman–Crippen MR) is 86.0 cm³/mol. The first-order valence-corrected chi connectivity index (χ1v) is 6.91. The third-order valence-electron chi connectivity index (χ3n) is 3.45. The van der Waals surface area contributed by atoms with Gasteiger partial charge in [-0.25, -0.2) is 9.97 Å². The Morgan fingerprint density at radius 3 is 2.32 bits per heavy atom. The lowest BCUT2D eigenvalue weighted by atomic mass is 10.0. The zero-order chi connectivity index (χ0) is 15.4. The molecule has 0 aliphatic carbocycles. The van der Waals surface area contributed by atoms with E-state index in [0.717, 1.165) is 22.4 Å². The van der Waals surface area contributed by atoms with Crippen LogP contribution < -0.4 is 9.47 Å². The monoisotopic (exact) mass is 292 g/mol. The van der Waals surface area contributed by atoms with Gasteiger partial charge in [-0.1, -0.05) is 30.3 Å². The van der Waals surface area contributed by atoms with Gasteiger partial charge in [0.25, 0.3) is 0 Å². The van der Waals surface area contributed by atoms with Crippen LogP contribution in [-0.4, -0.2) is 24.2 Å². The number of rotatable bonds is 4. The summed E-state index contributed by atoms with van der Waals surface area (Å²) in [4.78, 5) is 8.61. The lowest BCUT2D eigenvalue weighted by molar-refractivity contribution is 0.355. The average molecular weight is 292 g/mol. The fourth-order valence-corrected chi connectivity index (χ4v) is 2.37. The fraction of sp³-hybridized carbons (Fsp3) is 0.111. The average Bonchev–Trinajstić information content (AvgIpc) is 2.62. The van der Waals surface area contributed by atoms with Crippen LogP contribution in [0.4, 0.5) is 0 Å². The molecule has 2 aromatic carbocycles. The van der Waals surface area contributed by atoms with Crippen molar-refractivity contribution in [2.75, 3.05) is 14.2 Å². The minimum Gasteiger partial charge on any atom is -0.493 e. The van der Waals surface area contributed by atoms with Gasteiger partial charge in [0.15, 0.2) is 11.5 Å². The van der Waals surface area contributed by atoms with Gasteiger partial charge in [-0.2, -0.15) is 0 Å². The molecule has 0 spiro atoms. The van der Waals surface area contributed by atoms with Crippen LogP contribution in [0.25, 0.3) is 22.4 Å². The molecule has 22 heavy (non-hydrogen) atoms. The third-order valence-corrected chi connectivity index (χ3v) is 3.45. The van der Waals surface area contributed by atoms with E-state index in [0.29, 0.717) is 11.5 Å². The van der Waals surface area contributed by atoms with Gasteiger partial charge in [-0.15, -0.1) is 0 Å². The summed E-state index contributed by atoms with van der Waals surface area (Å²) in [7, 11) is 3.25. The number of nitrogens with zero attached hydrogens (tertiary/aromatic N) is 2. The highest BCUT2D eigenvalue weighted by Gasteiger charge is 2.12. The topological polar surface area (TPSA) is 44.2 Å². The van der Waals surface area contributed by atoms with Crippen molar-refractivity contribution in [1.82, 2.24) is 9.97 Å². The van der Waals surface area contributed by atoms with Crippen molar-refractivity contribution in [3.05, 3.63) is 61.1 Å². The van der Waals surface area contributed by atoms with Crippen LogP contribution in [0, 0.1) is 0 Å². The molecule has 1 aromatic heterocycles. The summed E-state index contributed by atoms with van der Waals surface area (Å²) in [5.74, 6) is 1.37. The van der Waals surface area contributed by atoms with E-state index in [4.69, 9.17) is 9.47 Å². The second-order valence-corrected chi connectivity index (χ2v) is 4.72. The number of ether oxygens (including phenoxy) is 2. The van der Waals surface area contributed by atoms with E-state index in [1.54, 1.807) is 20.5 Å². The van der Waals surface area contributed by atoms with Crippen LogP contribution in [-0.2, 0) is 0 Å². The summed E-state index contributed by atoms with van der Waals surface area (Å²) in [6.07, 6.45) is 3.38. The largest absolute Gasteiger partial charge is 0.493 e. The first-order chi connectivity index (χ1) is 10.8. The molecule has 4 heteroatoms. The molecule has 3 aromatic rings. The third kappa shape index (κ3) is 2.63. The first-order valence-electron chi connectivity index (χ1n) is 6.91. The quantitative estimate of drug-likeness (QED) is 0.733. The molecule has 0 saturated carbocycles. The maximum Gasteiger partial charge on any atom is 0.161 e. The van der Waals surface area contributed by atoms with Crippen molar-refractivity contribution in [2.24, 2.45) is 0 Å². The first kappa shape index (κ1) is 14.1. The normalized spacial score (nSPS) is 10.3. The summed E-state index contributed by atoms with van der Waals surface area (Å²) in [6.45, 7) is 0. The van der Waals surface area contributed by atoms with E-state index in [9.17, 15) is 0 Å². The highest BCUT2D eigenvalue weighted by molar-refractivity contribution is 5.80. The predicted octanol–water partition coefficient (Wildman–Crippen LogP) is 3.83. The molecule has 0 aliphatic heterocycles. The minimum atomic E-state index is 0.678. The fourth-order valence-electron chi connectivity index (χ4n) is 2.37. The van der Waals surface area contributed by atoms with Crippen LogP contribution in [0.5, 0.6) is 11.5 Å². The lowest BCUT2D eigenvalue weighted by Gasteiger charge is -2.12. The Labute approximate surface area is 129 Å². The van der Waals surface area contributed by atoms with E-state index in [2.05, 4.69) is 9.97 Å². The Morgan fingerprint density at radius 1 is 0.818 bits per heavy atom. The summed E-state index contributed by atoms with van der Waals surface area (Å²) in [5.41, 5.74) is 3.88. The van der Waals surface area contributed by atoms with Crippen molar-refractivity contribution in [1.29, 1.82) is 0 Å². The Balaban J connectivity index is 2.14. The number of hydrogen-bond acceptors (Lipinski definition) is 4. The molecule has 0 fully saturated rings. The molecule has 0 bridgehead atoms. The maximum atomic E-state index is 5.38. The van der Waals surface area contributed by atoms with E-state index >= 15 is 0 Å². The van der Waals surface area contributed by atoms with Gasteiger partial charge in [0.1, 0.15) is 6.33 Å². The van der Waals surface area contributed by atoms with E-state index < -0.39 is 0 Å². The summed E-state index contributed by atoms with van der Waals surface area (Å²) >= 11 is 0. The molecule has 0 N–H and O–H groups in total. The van der Waals surface area contributed by atoms with Crippen LogP contribution in [0.15, 0.2) is 61.1 Å². The van der Waals surface area contributed by atoms with Gasteiger partial charge >= 0.3 is 0 Å². The van der Waals surface area contributed by atoms with Gasteiger partial charge in [-0.3, -0.25) is 0 Å². The summed E-state index contributed by atoms with van der Waals surface area (Å²) in [5, 5.41) is 0. The molecule has 4 nitrogen and oxygen atoms in total. The van der Waals surface area contributed by atoms with Crippen molar-refractivity contribution in [3.8, 4) is 33.9 Å². The molecule has 0 amide bonds. The molecule has 1 heterocycles. The van der Waals surface area contributed by atoms with Crippen molar-refractivity contribution in [2.45, 2.75) is 0 Å². The Hall–Kier alpha value is -2.88. The molecular formula is C18H16N2O2. The zero-order valence-electron chi connectivity index (χ0n) is 12.5. The molecule has 0 unspecified atom stereocenters. The molecule has 0 aliphatic rings. The summed E-state index contributed by atoms with van der Waals surface area (Å²) in [6, 6.07) is 15.9. The molecule has 3 rings (SSSR count). The minimum absolute atomic E-state index is 0.678. The zero-order valence-corrected chi connectivity index (χ0v) is 12.5. The highest BCUT2D eigenvalue weighted by atomic mass is 16.5. The van der Waals surface area contributed by atoms with Gasteiger partial charge in [0, 0.05) is 17.3 Å². The maximum absolute atomic E-state index is 5.38. The Kier molecular flexibility index (Phi) is 4.01. The van der Waals surface area contributed by atoms with Gasteiger partial charge in [-0.05, 0) is 23.8 Å². The molecule has 0 radical (unpaired) electrons. The Morgan fingerprint density at radius 2 is 1.59 bits per heavy atom. The van der Waals surface area contributed by atoms with E-state index in [1.165, 1.54) is 0 Å². The summed E-state index contributed by atoms with van der Waals surface area (Å²) < 4.78 is 10.7. The molecular weight excluding hydrogens is 276 g/mol. The number of aromatic nitrogens is 2. The molecule has 0 atom stereocenters. The van der Waals surface area contributed by atoms with Crippen LogP contribution in [0.2, 0.25) is 0 Å². The second kappa shape index (κ2) is 6.26. The van der Waals surface area contributed by atoms with Gasteiger partial charge in [0.2, 0.25) is 0 Å². The SMILES string of the molecule is COc1ccc(-c2ncncc2-c2ccccc2)cc1OC. The number of benzene rings is 2. The van der Waals surface area contributed by atoms with Crippen molar-refractivity contribution < 1.29 is 9.47 Å². The van der Waals surface area contributed by atoms with Crippen LogP contribution in [0.3, 0.4) is 0 Å². The lowest BCUT2D eigenvalue weighted by Crippen LogP contribution is -1.94. The van der Waals surface area contributed by atoms with Crippen LogP contribution in [0.1, 0.15) is 0 Å². The number of hydrogen-bond donors (Lipinski definition) is 0. The van der Waals surface area contributed by atoms with Gasteiger partial charge < -0.3 is 9.47 Å². The molecule has 0 saturated heterocycles. The van der Waals surface area contributed by atoms with Crippen LogP contribution >= 0.6 is 0 Å². The van der Waals surface area contributed by atoms with E-state index in [1.807, 2.05) is 54.7 Å². The van der Waals surface area contributed by atoms with Crippen molar-refractivity contribution >= 4 is 0 Å². The highest BCUT2D eigenvalue weighted by Crippen LogP contribution is 2.35. The standard InChI is InChI=1S/C18H16N2O2/c1-21-16-9-8-14(10-17(16)22-2)18-15(11-19-12-20-18)13-6-4-3-5-7-13/h3-12H,1-2H3. The van der Waals surface area contributed by atoms with Gasteiger partial charge in [0.05, 0.1) is 19.9 Å².